The standard InChI is InChI=1S/C10H22N2O/c1-8(13)3-2-6-12-10-5-4-9(11)7-10/h8-10,12-13H,2-7,11H2,1H3. The maximum Gasteiger partial charge on any atom is 0.0512 e. The van der Waals surface area contributed by atoms with Crippen molar-refractivity contribution in [3.05, 3.63) is 0 Å². The highest BCUT2D eigenvalue weighted by molar-refractivity contribution is 4.82. The Balaban J connectivity index is 1.94. The SMILES string of the molecule is CC(O)CCCNC1CCC(N)C1. The van der Waals surface area contributed by atoms with Crippen LogP contribution in [0.5, 0.6) is 0 Å². The molecule has 1 fully saturated rings. The van der Waals surface area contributed by atoms with Crippen LogP contribution in [0.1, 0.15) is 39.0 Å². The average molecular weight is 186 g/mol. The number of nitrogens with one attached hydrogen (secondary N) is 1. The van der Waals surface area contributed by atoms with Gasteiger partial charge in [-0.1, -0.05) is 0 Å². The van der Waals surface area contributed by atoms with Gasteiger partial charge in [-0.25, -0.2) is 0 Å². The number of nitrogens with two attached hydrogens (primary N) is 1. The predicted octanol–water partition coefficient (Wildman–Crippen LogP) is 0.617. The summed E-state index contributed by atoms with van der Waals surface area (Å²) in [7, 11) is 0. The van der Waals surface area contributed by atoms with Gasteiger partial charge in [0.05, 0.1) is 6.10 Å². The minimum atomic E-state index is -0.160. The lowest BCUT2D eigenvalue weighted by Gasteiger charge is -2.12. The van der Waals surface area contributed by atoms with Gasteiger partial charge >= 0.3 is 0 Å². The Kier molecular flexibility index (Phi) is 4.70. The third-order valence-electron chi connectivity index (χ3n) is 2.70. The molecule has 0 spiro atoms. The molecule has 3 nitrogen and oxygen atoms in total. The number of hydrogen-bond donors (Lipinski definition) is 3. The van der Waals surface area contributed by atoms with Gasteiger partial charge in [-0.15, -0.1) is 0 Å². The largest absolute Gasteiger partial charge is 0.393 e. The summed E-state index contributed by atoms with van der Waals surface area (Å²) >= 11 is 0. The van der Waals surface area contributed by atoms with Gasteiger partial charge in [0.2, 0.25) is 0 Å². The normalized spacial score (nSPS) is 30.7. The first-order valence-electron chi connectivity index (χ1n) is 5.35. The van der Waals surface area contributed by atoms with Crippen molar-refractivity contribution in [2.24, 2.45) is 5.73 Å². The first-order valence-corrected chi connectivity index (χ1v) is 5.35. The highest BCUT2D eigenvalue weighted by Crippen LogP contribution is 2.16. The Morgan fingerprint density at radius 3 is 2.85 bits per heavy atom. The minimum absolute atomic E-state index is 0.160. The van der Waals surface area contributed by atoms with Crippen LogP contribution in [0.3, 0.4) is 0 Å². The Bertz CT molecular complexity index is 139. The molecule has 4 N–H and O–H groups in total. The third-order valence-corrected chi connectivity index (χ3v) is 2.70. The lowest BCUT2D eigenvalue weighted by Crippen LogP contribution is -2.29. The summed E-state index contributed by atoms with van der Waals surface area (Å²) in [5, 5.41) is 12.5. The van der Waals surface area contributed by atoms with E-state index in [-0.39, 0.29) is 6.10 Å². The zero-order valence-electron chi connectivity index (χ0n) is 8.50. The van der Waals surface area contributed by atoms with Gasteiger partial charge < -0.3 is 16.2 Å². The Hall–Kier alpha value is -0.120. The molecule has 0 heterocycles. The van der Waals surface area contributed by atoms with Crippen molar-refractivity contribution in [3.8, 4) is 0 Å². The molecule has 0 aromatic carbocycles. The molecule has 0 aromatic rings. The lowest BCUT2D eigenvalue weighted by atomic mass is 10.2. The summed E-state index contributed by atoms with van der Waals surface area (Å²) in [5.41, 5.74) is 5.80. The van der Waals surface area contributed by atoms with E-state index in [0.717, 1.165) is 32.2 Å². The topological polar surface area (TPSA) is 58.3 Å². The molecule has 1 saturated carbocycles. The summed E-state index contributed by atoms with van der Waals surface area (Å²) in [4.78, 5) is 0. The van der Waals surface area contributed by atoms with Gasteiger partial charge in [-0.3, -0.25) is 0 Å². The van der Waals surface area contributed by atoms with Crippen LogP contribution >= 0.6 is 0 Å². The van der Waals surface area contributed by atoms with Gasteiger partial charge in [0.25, 0.3) is 0 Å². The second-order valence-corrected chi connectivity index (χ2v) is 4.22. The minimum Gasteiger partial charge on any atom is -0.393 e. The fraction of sp³-hybridized carbons (Fsp3) is 1.00. The van der Waals surface area contributed by atoms with Crippen molar-refractivity contribution >= 4 is 0 Å². The molecule has 0 radical (unpaired) electrons. The van der Waals surface area contributed by atoms with E-state index < -0.39 is 0 Å². The lowest BCUT2D eigenvalue weighted by molar-refractivity contribution is 0.181. The fourth-order valence-corrected chi connectivity index (χ4v) is 1.91. The summed E-state index contributed by atoms with van der Waals surface area (Å²) in [6, 6.07) is 1.04. The van der Waals surface area contributed by atoms with Crippen molar-refractivity contribution in [1.29, 1.82) is 0 Å². The van der Waals surface area contributed by atoms with Crippen molar-refractivity contribution < 1.29 is 5.11 Å². The molecular weight excluding hydrogens is 164 g/mol. The Morgan fingerprint density at radius 1 is 1.54 bits per heavy atom. The molecule has 0 saturated heterocycles. The highest BCUT2D eigenvalue weighted by atomic mass is 16.3. The van der Waals surface area contributed by atoms with E-state index in [9.17, 15) is 0 Å². The molecule has 3 unspecified atom stereocenters. The van der Waals surface area contributed by atoms with E-state index in [2.05, 4.69) is 5.32 Å². The van der Waals surface area contributed by atoms with E-state index in [4.69, 9.17) is 10.8 Å². The van der Waals surface area contributed by atoms with Gasteiger partial charge in [0.15, 0.2) is 0 Å². The zero-order chi connectivity index (χ0) is 9.68. The number of hydrogen-bond acceptors (Lipinski definition) is 3. The molecular formula is C10H22N2O. The third kappa shape index (κ3) is 4.60. The predicted molar refractivity (Wildman–Crippen MR) is 54.5 cm³/mol. The van der Waals surface area contributed by atoms with Gasteiger partial charge in [0.1, 0.15) is 0 Å². The molecule has 3 atom stereocenters. The van der Waals surface area contributed by atoms with Crippen LogP contribution in [0.25, 0.3) is 0 Å². The van der Waals surface area contributed by atoms with Crippen molar-refractivity contribution in [1.82, 2.24) is 5.32 Å². The van der Waals surface area contributed by atoms with E-state index in [1.165, 1.54) is 6.42 Å². The first-order chi connectivity index (χ1) is 6.18. The van der Waals surface area contributed by atoms with Gasteiger partial charge in [-0.2, -0.15) is 0 Å². The number of rotatable bonds is 5. The second kappa shape index (κ2) is 5.58. The molecule has 1 aliphatic rings. The molecule has 0 aromatic heterocycles. The smallest absolute Gasteiger partial charge is 0.0512 e. The van der Waals surface area contributed by atoms with Crippen molar-refractivity contribution in [2.75, 3.05) is 6.54 Å². The van der Waals surface area contributed by atoms with Crippen LogP contribution in [0.2, 0.25) is 0 Å². The molecule has 78 valence electrons. The second-order valence-electron chi connectivity index (χ2n) is 4.22. The fourth-order valence-electron chi connectivity index (χ4n) is 1.91. The maximum atomic E-state index is 9.04. The summed E-state index contributed by atoms with van der Waals surface area (Å²) < 4.78 is 0. The van der Waals surface area contributed by atoms with Crippen LogP contribution in [-0.4, -0.2) is 29.8 Å². The molecule has 0 bridgehead atoms. The van der Waals surface area contributed by atoms with E-state index >= 15 is 0 Å². The van der Waals surface area contributed by atoms with Crippen LogP contribution in [0.15, 0.2) is 0 Å². The van der Waals surface area contributed by atoms with Gasteiger partial charge in [0, 0.05) is 12.1 Å². The summed E-state index contributed by atoms with van der Waals surface area (Å²) in [5.74, 6) is 0. The molecule has 13 heavy (non-hydrogen) atoms. The molecule has 1 aliphatic carbocycles. The first kappa shape index (κ1) is 11.0. The van der Waals surface area contributed by atoms with Crippen molar-refractivity contribution in [3.63, 3.8) is 0 Å². The number of aliphatic hydroxyl groups excluding tert-OH is 1. The Morgan fingerprint density at radius 2 is 2.31 bits per heavy atom. The van der Waals surface area contributed by atoms with Crippen LogP contribution < -0.4 is 11.1 Å². The van der Waals surface area contributed by atoms with E-state index in [1.54, 1.807) is 0 Å². The van der Waals surface area contributed by atoms with Crippen LogP contribution in [0.4, 0.5) is 0 Å². The summed E-state index contributed by atoms with van der Waals surface area (Å²) in [6.45, 7) is 2.85. The molecule has 3 heteroatoms. The van der Waals surface area contributed by atoms with Crippen LogP contribution in [-0.2, 0) is 0 Å². The summed E-state index contributed by atoms with van der Waals surface area (Å²) in [6.07, 6.45) is 5.29. The van der Waals surface area contributed by atoms with E-state index in [0.29, 0.717) is 12.1 Å². The Labute approximate surface area is 80.7 Å². The molecule has 1 rings (SSSR count). The molecule has 0 amide bonds. The highest BCUT2D eigenvalue weighted by Gasteiger charge is 2.20. The van der Waals surface area contributed by atoms with Crippen molar-refractivity contribution in [2.45, 2.75) is 57.2 Å². The monoisotopic (exact) mass is 186 g/mol. The van der Waals surface area contributed by atoms with Crippen LogP contribution in [0, 0.1) is 0 Å². The quantitative estimate of drug-likeness (QED) is 0.552. The van der Waals surface area contributed by atoms with Gasteiger partial charge in [-0.05, 0) is 45.6 Å². The number of aliphatic hydroxyl groups is 1. The van der Waals surface area contributed by atoms with E-state index in [1.807, 2.05) is 6.92 Å². The average Bonchev–Trinajstić information content (AvgIpc) is 2.45. The maximum absolute atomic E-state index is 9.04. The molecule has 0 aliphatic heterocycles. The zero-order valence-corrected chi connectivity index (χ0v) is 8.50.